The molecule has 67 heavy (non-hydrogen) atoms. The maximum Gasteiger partial charge on any atom is 0.340 e. The number of benzene rings is 5. The minimum Gasteiger partial charge on any atom is -0.504 e. The molecular weight excluding hydrogens is 908 g/mol. The van der Waals surface area contributed by atoms with Gasteiger partial charge in [0.2, 0.25) is 23.9 Å². The molecule has 26 nitrogen and oxygen atoms in total. The van der Waals surface area contributed by atoms with Gasteiger partial charge in [0.15, 0.2) is 87.0 Å². The van der Waals surface area contributed by atoms with E-state index in [1.807, 2.05) is 0 Å². The molecule has 5 aromatic rings. The standard InChI is InChI=1S/C41H30O26/c42-15-1-10(2-16(43)26(15)50)36(57)65-34-33-23(9-62-39(60)13-7-21(48)29(53)31(55)24(13)25-14(40(61)64-33)8-22(49)30(54)32(25)56)63-41(67-38(59)12-5-19(46)28(52)20(47)6-12)35(34)66-37(58)11-3-17(44)27(51)18(45)4-11/h1-8,23,33-35,41-56H,9H2/t23?,33-,34?,35+,41+/m1/s1. The second-order valence-corrected chi connectivity index (χ2v) is 14.3. The average Bonchev–Trinajstić information content (AvgIpc) is 3.29. The van der Waals surface area contributed by atoms with Gasteiger partial charge in [0.1, 0.15) is 12.7 Å². The highest BCUT2D eigenvalue weighted by atomic mass is 16.7. The zero-order valence-electron chi connectivity index (χ0n) is 32.9. The average molecular weight is 939 g/mol. The molecular formula is C41H30O26. The third-order valence-corrected chi connectivity index (χ3v) is 10.0. The predicted octanol–water partition coefficient (Wildman–Crippen LogP) is 1.67. The van der Waals surface area contributed by atoms with Crippen molar-refractivity contribution in [2.75, 3.05) is 6.61 Å². The van der Waals surface area contributed by atoms with Gasteiger partial charge in [-0.15, -0.1) is 0 Å². The number of carbonyl (C=O) groups excluding carboxylic acids is 5. The smallest absolute Gasteiger partial charge is 0.340 e. The second-order valence-electron chi connectivity index (χ2n) is 14.3. The number of ether oxygens (including phenoxy) is 6. The molecule has 5 atom stereocenters. The van der Waals surface area contributed by atoms with Gasteiger partial charge in [0.05, 0.1) is 27.8 Å². The van der Waals surface area contributed by atoms with Crippen LogP contribution in [-0.2, 0) is 28.4 Å². The Morgan fingerprint density at radius 2 is 0.776 bits per heavy atom. The fourth-order valence-corrected chi connectivity index (χ4v) is 6.77. The second kappa shape index (κ2) is 16.8. The molecule has 26 heteroatoms. The van der Waals surface area contributed by atoms with Gasteiger partial charge in [0.25, 0.3) is 0 Å². The van der Waals surface area contributed by atoms with E-state index in [0.29, 0.717) is 48.5 Å². The lowest BCUT2D eigenvalue weighted by molar-refractivity contribution is -0.282. The molecule has 0 spiro atoms. The normalized spacial score (nSPS) is 19.0. The maximum absolute atomic E-state index is 14.4. The van der Waals surface area contributed by atoms with E-state index in [-0.39, 0.29) is 0 Å². The topological polar surface area (TPSA) is 444 Å². The van der Waals surface area contributed by atoms with Gasteiger partial charge in [-0.3, -0.25) is 0 Å². The number of cyclic esters (lactones) is 1. The summed E-state index contributed by atoms with van der Waals surface area (Å²) in [6.07, 6.45) is -12.2. The number of fused-ring (bicyclic) bond motifs is 4. The molecule has 5 aromatic carbocycles. The van der Waals surface area contributed by atoms with Gasteiger partial charge >= 0.3 is 29.8 Å². The fourth-order valence-electron chi connectivity index (χ4n) is 6.77. The predicted molar refractivity (Wildman–Crippen MR) is 208 cm³/mol. The molecule has 2 aliphatic heterocycles. The van der Waals surface area contributed by atoms with Crippen molar-refractivity contribution in [1.82, 2.24) is 0 Å². The van der Waals surface area contributed by atoms with E-state index >= 15 is 0 Å². The van der Waals surface area contributed by atoms with Gasteiger partial charge < -0.3 is 105 Å². The van der Waals surface area contributed by atoms with E-state index in [1.54, 1.807) is 0 Å². The molecule has 350 valence electrons. The van der Waals surface area contributed by atoms with Crippen LogP contribution in [0.25, 0.3) is 11.1 Å². The molecule has 0 bridgehead atoms. The summed E-state index contributed by atoms with van der Waals surface area (Å²) < 4.78 is 33.4. The summed E-state index contributed by atoms with van der Waals surface area (Å²) >= 11 is 0. The molecule has 0 amide bonds. The fraction of sp³-hybridized carbons (Fsp3) is 0.146. The molecule has 0 aromatic heterocycles. The maximum atomic E-state index is 14.4. The first-order chi connectivity index (χ1) is 31.5. The Kier molecular flexibility index (Phi) is 11.4. The Hall–Kier alpha value is -9.59. The van der Waals surface area contributed by atoms with Crippen molar-refractivity contribution >= 4 is 29.8 Å². The van der Waals surface area contributed by atoms with Gasteiger partial charge in [-0.25, -0.2) is 24.0 Å². The minimum absolute atomic E-state index is 0.402. The summed E-state index contributed by atoms with van der Waals surface area (Å²) in [5.41, 5.74) is -6.64. The lowest BCUT2D eigenvalue weighted by atomic mass is 9.92. The highest BCUT2D eigenvalue weighted by Crippen LogP contribution is 2.53. The first-order valence-corrected chi connectivity index (χ1v) is 18.5. The molecule has 2 unspecified atom stereocenters. The van der Waals surface area contributed by atoms with E-state index in [0.717, 1.165) is 0 Å². The lowest BCUT2D eigenvalue weighted by Crippen LogP contribution is -2.63. The summed E-state index contributed by atoms with van der Waals surface area (Å²) in [5.74, 6) is -26.5. The van der Waals surface area contributed by atoms with Crippen LogP contribution in [-0.4, -0.2) is 144 Å². The number of carbonyl (C=O) groups is 5. The largest absolute Gasteiger partial charge is 0.504 e. The van der Waals surface area contributed by atoms with E-state index in [4.69, 9.17) is 28.4 Å². The van der Waals surface area contributed by atoms with E-state index in [2.05, 4.69) is 0 Å². The van der Waals surface area contributed by atoms with Crippen molar-refractivity contribution in [2.24, 2.45) is 0 Å². The first-order valence-electron chi connectivity index (χ1n) is 18.5. The summed E-state index contributed by atoms with van der Waals surface area (Å²) in [6.45, 7) is -1.26. The molecule has 0 radical (unpaired) electrons. The van der Waals surface area contributed by atoms with E-state index in [1.165, 1.54) is 0 Å². The molecule has 7 rings (SSSR count). The Bertz CT molecular complexity index is 2870. The van der Waals surface area contributed by atoms with Gasteiger partial charge in [-0.2, -0.15) is 0 Å². The zero-order valence-corrected chi connectivity index (χ0v) is 32.9. The number of esters is 5. The van der Waals surface area contributed by atoms with Crippen molar-refractivity contribution in [3.8, 4) is 97.4 Å². The van der Waals surface area contributed by atoms with Gasteiger partial charge in [0, 0.05) is 11.1 Å². The van der Waals surface area contributed by atoms with Crippen LogP contribution >= 0.6 is 0 Å². The zero-order chi connectivity index (χ0) is 49.1. The molecule has 1 saturated heterocycles. The molecule has 2 aliphatic rings. The van der Waals surface area contributed by atoms with Crippen LogP contribution in [0.3, 0.4) is 0 Å². The van der Waals surface area contributed by atoms with E-state index in [9.17, 15) is 101 Å². The number of hydrogen-bond donors (Lipinski definition) is 15. The summed E-state index contributed by atoms with van der Waals surface area (Å²) in [5, 5.41) is 154. The molecule has 1 fully saturated rings. The number of rotatable bonds is 6. The lowest BCUT2D eigenvalue weighted by Gasteiger charge is -2.43. The Labute approximate surface area is 369 Å². The number of phenolic OH excluding ortho intramolecular Hbond substituents is 15. The highest BCUT2D eigenvalue weighted by molar-refractivity contribution is 6.08. The van der Waals surface area contributed by atoms with Crippen molar-refractivity contribution in [2.45, 2.75) is 30.7 Å². The Morgan fingerprint density at radius 1 is 0.433 bits per heavy atom. The number of aromatic hydroxyl groups is 15. The SMILES string of the molecule is O=C(OC1[C@@H]2OC(=O)c3cc(O)c(O)c(O)c3-c3c(cc(O)c(O)c3O)C(=O)OCC2O[C@@H](OC(=O)c2cc(O)c(O)c(O)c2)[C@H]1OC(=O)c1cc(O)c(O)c(O)c1)c1cc(O)c(O)c(O)c1. The minimum atomic E-state index is -2.55. The Balaban J connectivity index is 1.44. The van der Waals surface area contributed by atoms with Crippen LogP contribution in [0.5, 0.6) is 86.2 Å². The van der Waals surface area contributed by atoms with Crippen molar-refractivity contribution in [1.29, 1.82) is 0 Å². The highest BCUT2D eigenvalue weighted by Gasteiger charge is 2.55. The molecule has 15 N–H and O–H groups in total. The Morgan fingerprint density at radius 3 is 1.18 bits per heavy atom. The van der Waals surface area contributed by atoms with Crippen molar-refractivity contribution < 1.29 is 129 Å². The van der Waals surface area contributed by atoms with Crippen LogP contribution in [0, 0.1) is 0 Å². The van der Waals surface area contributed by atoms with Crippen LogP contribution in [0.2, 0.25) is 0 Å². The summed E-state index contributed by atoms with van der Waals surface area (Å²) in [7, 11) is 0. The molecule has 0 aliphatic carbocycles. The van der Waals surface area contributed by atoms with E-state index < -0.39 is 192 Å². The van der Waals surface area contributed by atoms with Crippen LogP contribution in [0.4, 0.5) is 0 Å². The third-order valence-electron chi connectivity index (χ3n) is 10.0. The monoisotopic (exact) mass is 938 g/mol. The van der Waals surface area contributed by atoms with Crippen molar-refractivity contribution in [3.63, 3.8) is 0 Å². The molecule has 2 heterocycles. The summed E-state index contributed by atoms with van der Waals surface area (Å²) in [4.78, 5) is 69.7. The number of phenols is 15. The molecule has 0 saturated carbocycles. The van der Waals surface area contributed by atoms with Crippen LogP contribution < -0.4 is 0 Å². The van der Waals surface area contributed by atoms with Crippen molar-refractivity contribution in [3.05, 3.63) is 76.3 Å². The van der Waals surface area contributed by atoms with Gasteiger partial charge in [-0.05, 0) is 48.5 Å². The quantitative estimate of drug-likeness (QED) is 0.0654. The first kappa shape index (κ1) is 45.4. The van der Waals surface area contributed by atoms with Crippen LogP contribution in [0.15, 0.2) is 48.5 Å². The summed E-state index contributed by atoms with van der Waals surface area (Å²) in [6, 6.07) is 4.13. The van der Waals surface area contributed by atoms with Crippen LogP contribution in [0.1, 0.15) is 51.8 Å². The number of hydrogen-bond acceptors (Lipinski definition) is 26. The third kappa shape index (κ3) is 8.12. The van der Waals surface area contributed by atoms with Gasteiger partial charge in [-0.1, -0.05) is 0 Å².